The van der Waals surface area contributed by atoms with Gasteiger partial charge in [-0.15, -0.1) is 0 Å². The minimum Gasteiger partial charge on any atom is -0.206 e. The lowest BCUT2D eigenvalue weighted by atomic mass is 10.2. The van der Waals surface area contributed by atoms with Crippen LogP contribution < -0.4 is 0 Å². The van der Waals surface area contributed by atoms with Gasteiger partial charge in [0.2, 0.25) is 0 Å². The van der Waals surface area contributed by atoms with Crippen LogP contribution in [0.3, 0.4) is 0 Å². The van der Waals surface area contributed by atoms with E-state index >= 15 is 0 Å². The Morgan fingerprint density at radius 2 is 2.36 bits per heavy atom. The van der Waals surface area contributed by atoms with Crippen LogP contribution in [0.25, 0.3) is 16.5 Å². The van der Waals surface area contributed by atoms with Crippen LogP contribution >= 0.6 is 15.9 Å². The maximum absolute atomic E-state index is 13.0. The molecule has 0 fully saturated rings. The summed E-state index contributed by atoms with van der Waals surface area (Å²) in [4.78, 5) is 2.59. The second-order valence-electron chi connectivity index (χ2n) is 2.46. The van der Waals surface area contributed by atoms with Gasteiger partial charge in [0.25, 0.3) is 0 Å². The normalized spacial score (nSPS) is 10.1. The highest BCUT2D eigenvalue weighted by Gasteiger charge is 2.00. The zero-order valence-electron chi connectivity index (χ0n) is 7.19. The molecule has 0 aromatic heterocycles. The molecule has 0 aliphatic heterocycles. The van der Waals surface area contributed by atoms with E-state index in [0.717, 1.165) is 5.56 Å². The van der Waals surface area contributed by atoms with E-state index < -0.39 is 0 Å². The Morgan fingerprint density at radius 1 is 1.57 bits per heavy atom. The first-order valence-electron chi connectivity index (χ1n) is 3.87. The SMILES string of the molecule is [N-]=[N+]=NCC=Cc1cccc(F)c1Br. The number of rotatable bonds is 3. The van der Waals surface area contributed by atoms with Gasteiger partial charge in [-0.1, -0.05) is 29.4 Å². The fraction of sp³-hybridized carbons (Fsp3) is 0.111. The average molecular weight is 256 g/mol. The number of hydrogen-bond donors (Lipinski definition) is 0. The number of benzene rings is 1. The summed E-state index contributed by atoms with van der Waals surface area (Å²) in [5.41, 5.74) is 8.74. The van der Waals surface area contributed by atoms with Crippen LogP contribution in [0.2, 0.25) is 0 Å². The van der Waals surface area contributed by atoms with E-state index in [9.17, 15) is 4.39 Å². The van der Waals surface area contributed by atoms with Crippen molar-refractivity contribution in [3.8, 4) is 0 Å². The van der Waals surface area contributed by atoms with Crippen LogP contribution in [0.1, 0.15) is 5.56 Å². The largest absolute Gasteiger partial charge is 0.206 e. The number of nitrogens with zero attached hydrogens (tertiary/aromatic N) is 3. The summed E-state index contributed by atoms with van der Waals surface area (Å²) in [5, 5.41) is 3.32. The highest BCUT2D eigenvalue weighted by atomic mass is 79.9. The zero-order chi connectivity index (χ0) is 10.4. The molecule has 0 aliphatic rings. The second kappa shape index (κ2) is 5.42. The first-order chi connectivity index (χ1) is 6.75. The quantitative estimate of drug-likeness (QED) is 0.447. The van der Waals surface area contributed by atoms with E-state index in [4.69, 9.17) is 5.53 Å². The Bertz CT molecular complexity index is 397. The molecule has 0 amide bonds. The molecular weight excluding hydrogens is 249 g/mol. The van der Waals surface area contributed by atoms with Gasteiger partial charge in [0, 0.05) is 11.5 Å². The summed E-state index contributed by atoms with van der Waals surface area (Å²) >= 11 is 3.12. The summed E-state index contributed by atoms with van der Waals surface area (Å²) in [5.74, 6) is -0.309. The smallest absolute Gasteiger partial charge is 0.137 e. The molecule has 0 bridgehead atoms. The highest BCUT2D eigenvalue weighted by Crippen LogP contribution is 2.21. The number of hydrogen-bond acceptors (Lipinski definition) is 1. The van der Waals surface area contributed by atoms with E-state index in [0.29, 0.717) is 4.47 Å². The first kappa shape index (κ1) is 10.8. The Labute approximate surface area is 89.0 Å². The summed E-state index contributed by atoms with van der Waals surface area (Å²) < 4.78 is 13.4. The molecule has 5 heteroatoms. The molecule has 0 saturated carbocycles. The summed E-state index contributed by atoms with van der Waals surface area (Å²) in [6.07, 6.45) is 3.36. The predicted octanol–water partition coefficient (Wildman–Crippen LogP) is 3.91. The summed E-state index contributed by atoms with van der Waals surface area (Å²) in [6.45, 7) is 0.263. The molecule has 0 spiro atoms. The van der Waals surface area contributed by atoms with Crippen LogP contribution in [0.5, 0.6) is 0 Å². The van der Waals surface area contributed by atoms with Gasteiger partial charge in [0.1, 0.15) is 5.82 Å². The van der Waals surface area contributed by atoms with E-state index in [-0.39, 0.29) is 12.4 Å². The van der Waals surface area contributed by atoms with Gasteiger partial charge in [-0.25, -0.2) is 4.39 Å². The molecule has 0 N–H and O–H groups in total. The summed E-state index contributed by atoms with van der Waals surface area (Å²) in [6, 6.07) is 4.75. The Balaban J connectivity index is 2.81. The Kier molecular flexibility index (Phi) is 4.16. The number of halogens is 2. The lowest BCUT2D eigenvalue weighted by molar-refractivity contribution is 0.621. The third-order valence-corrected chi connectivity index (χ3v) is 2.37. The van der Waals surface area contributed by atoms with Crippen molar-refractivity contribution in [2.24, 2.45) is 5.11 Å². The molecule has 0 unspecified atom stereocenters. The molecule has 1 aromatic carbocycles. The molecule has 0 saturated heterocycles. The van der Waals surface area contributed by atoms with Gasteiger partial charge in [-0.05, 0) is 33.1 Å². The van der Waals surface area contributed by atoms with Crippen molar-refractivity contribution in [1.82, 2.24) is 0 Å². The monoisotopic (exact) mass is 255 g/mol. The molecule has 72 valence electrons. The second-order valence-corrected chi connectivity index (χ2v) is 3.25. The van der Waals surface area contributed by atoms with Crippen LogP contribution in [0.15, 0.2) is 33.9 Å². The minimum atomic E-state index is -0.309. The number of azide groups is 1. The zero-order valence-corrected chi connectivity index (χ0v) is 8.78. The molecule has 1 aromatic rings. The molecular formula is C9H7BrFN3. The fourth-order valence-electron chi connectivity index (χ4n) is 0.913. The Morgan fingerprint density at radius 3 is 3.07 bits per heavy atom. The average Bonchev–Trinajstić information content (AvgIpc) is 2.19. The van der Waals surface area contributed by atoms with Gasteiger partial charge in [-0.2, -0.15) is 0 Å². The van der Waals surface area contributed by atoms with Crippen molar-refractivity contribution >= 4 is 22.0 Å². The third-order valence-electron chi connectivity index (χ3n) is 1.53. The van der Waals surface area contributed by atoms with Crippen molar-refractivity contribution in [3.05, 3.63) is 50.6 Å². The predicted molar refractivity (Wildman–Crippen MR) is 57.1 cm³/mol. The lowest BCUT2D eigenvalue weighted by Gasteiger charge is -1.98. The van der Waals surface area contributed by atoms with E-state index in [1.165, 1.54) is 6.07 Å². The van der Waals surface area contributed by atoms with Gasteiger partial charge >= 0.3 is 0 Å². The summed E-state index contributed by atoms with van der Waals surface area (Å²) in [7, 11) is 0. The molecule has 0 heterocycles. The molecule has 3 nitrogen and oxygen atoms in total. The van der Waals surface area contributed by atoms with E-state index in [2.05, 4.69) is 26.0 Å². The minimum absolute atomic E-state index is 0.263. The van der Waals surface area contributed by atoms with Crippen LogP contribution in [-0.2, 0) is 0 Å². The molecule has 0 aliphatic carbocycles. The molecule has 14 heavy (non-hydrogen) atoms. The van der Waals surface area contributed by atoms with E-state index in [1.54, 1.807) is 24.3 Å². The van der Waals surface area contributed by atoms with Crippen LogP contribution in [-0.4, -0.2) is 6.54 Å². The Hall–Kier alpha value is -1.32. The third kappa shape index (κ3) is 2.87. The van der Waals surface area contributed by atoms with Crippen molar-refractivity contribution in [3.63, 3.8) is 0 Å². The maximum Gasteiger partial charge on any atom is 0.137 e. The lowest BCUT2D eigenvalue weighted by Crippen LogP contribution is -1.81. The van der Waals surface area contributed by atoms with E-state index in [1.807, 2.05) is 0 Å². The van der Waals surface area contributed by atoms with Crippen molar-refractivity contribution in [2.75, 3.05) is 6.54 Å². The van der Waals surface area contributed by atoms with Gasteiger partial charge in [0.15, 0.2) is 0 Å². The maximum atomic E-state index is 13.0. The van der Waals surface area contributed by atoms with Crippen molar-refractivity contribution < 1.29 is 4.39 Å². The van der Waals surface area contributed by atoms with Crippen LogP contribution in [0, 0.1) is 5.82 Å². The van der Waals surface area contributed by atoms with Gasteiger partial charge in [-0.3, -0.25) is 0 Å². The fourth-order valence-corrected chi connectivity index (χ4v) is 1.31. The standard InChI is InChI=1S/C9H7BrFN3/c10-9-7(3-1-5-8(9)11)4-2-6-13-14-12/h1-5H,6H2. The highest BCUT2D eigenvalue weighted by molar-refractivity contribution is 9.10. The van der Waals surface area contributed by atoms with Gasteiger partial charge < -0.3 is 0 Å². The van der Waals surface area contributed by atoms with Crippen LogP contribution in [0.4, 0.5) is 4.39 Å². The van der Waals surface area contributed by atoms with Crippen molar-refractivity contribution in [2.45, 2.75) is 0 Å². The first-order valence-corrected chi connectivity index (χ1v) is 4.66. The topological polar surface area (TPSA) is 48.8 Å². The molecule has 0 radical (unpaired) electrons. The molecule has 0 atom stereocenters. The van der Waals surface area contributed by atoms with Gasteiger partial charge in [0.05, 0.1) is 4.47 Å². The molecule has 1 rings (SSSR count). The van der Waals surface area contributed by atoms with Crippen molar-refractivity contribution in [1.29, 1.82) is 0 Å².